The maximum atomic E-state index is 12.3. The molecule has 0 bridgehead atoms. The zero-order valence-corrected chi connectivity index (χ0v) is 11.6. The van der Waals surface area contributed by atoms with Crippen LogP contribution >= 0.6 is 0 Å². The van der Waals surface area contributed by atoms with Crippen LogP contribution in [-0.4, -0.2) is 42.5 Å². The lowest BCUT2D eigenvalue weighted by molar-refractivity contribution is -0.384. The van der Waals surface area contributed by atoms with Gasteiger partial charge in [-0.1, -0.05) is 6.07 Å². The molecule has 3 N–H and O–H groups in total. The summed E-state index contributed by atoms with van der Waals surface area (Å²) in [7, 11) is 3.09. The molecular weight excluding hydrogens is 264 g/mol. The molecule has 1 aromatic rings. The number of hydrogen-bond acceptors (Lipinski definition) is 6. The molecule has 0 heterocycles. The van der Waals surface area contributed by atoms with Gasteiger partial charge in [-0.2, -0.15) is 0 Å². The molecule has 1 rings (SSSR count). The Hall–Kier alpha value is -2.19. The fourth-order valence-corrected chi connectivity index (χ4v) is 1.78. The van der Waals surface area contributed by atoms with Crippen molar-refractivity contribution in [3.05, 3.63) is 33.9 Å². The van der Waals surface area contributed by atoms with Crippen molar-refractivity contribution in [2.24, 2.45) is 5.84 Å². The summed E-state index contributed by atoms with van der Waals surface area (Å²) in [4.78, 5) is 24.2. The number of nitrogen functional groups attached to an aromatic ring is 1. The SMILES string of the molecule is COC(C)CN(C)C(=O)c1cccc(NN)c1[N+](=O)[O-]. The van der Waals surface area contributed by atoms with E-state index in [9.17, 15) is 14.9 Å². The molecule has 8 nitrogen and oxygen atoms in total. The maximum absolute atomic E-state index is 12.3. The highest BCUT2D eigenvalue weighted by Crippen LogP contribution is 2.28. The molecule has 0 spiro atoms. The number of nitro groups is 1. The van der Waals surface area contributed by atoms with Gasteiger partial charge in [0.25, 0.3) is 5.91 Å². The van der Waals surface area contributed by atoms with E-state index in [4.69, 9.17) is 10.6 Å². The van der Waals surface area contributed by atoms with Crippen LogP contribution in [0.5, 0.6) is 0 Å². The second-order valence-corrected chi connectivity index (χ2v) is 4.34. The summed E-state index contributed by atoms with van der Waals surface area (Å²) >= 11 is 0. The Balaban J connectivity index is 3.12. The van der Waals surface area contributed by atoms with Gasteiger partial charge < -0.3 is 15.1 Å². The molecule has 0 aliphatic carbocycles. The van der Waals surface area contributed by atoms with E-state index >= 15 is 0 Å². The Morgan fingerprint density at radius 2 is 2.25 bits per heavy atom. The van der Waals surface area contributed by atoms with Gasteiger partial charge in [-0.05, 0) is 19.1 Å². The second-order valence-electron chi connectivity index (χ2n) is 4.34. The third-order valence-electron chi connectivity index (χ3n) is 2.88. The highest BCUT2D eigenvalue weighted by Gasteiger charge is 2.26. The number of para-hydroxylation sites is 1. The van der Waals surface area contributed by atoms with Crippen LogP contribution in [0.4, 0.5) is 11.4 Å². The van der Waals surface area contributed by atoms with E-state index in [2.05, 4.69) is 5.43 Å². The first kappa shape index (κ1) is 15.9. The minimum absolute atomic E-state index is 0.0174. The number of rotatable bonds is 6. The van der Waals surface area contributed by atoms with Gasteiger partial charge >= 0.3 is 5.69 Å². The average Bonchev–Trinajstić information content (AvgIpc) is 2.44. The number of ether oxygens (including phenoxy) is 1. The number of benzene rings is 1. The van der Waals surface area contributed by atoms with E-state index in [1.165, 1.54) is 30.2 Å². The van der Waals surface area contributed by atoms with Crippen LogP contribution in [0.15, 0.2) is 18.2 Å². The molecule has 0 radical (unpaired) electrons. The Morgan fingerprint density at radius 1 is 1.60 bits per heavy atom. The minimum atomic E-state index is -0.629. The Morgan fingerprint density at radius 3 is 2.75 bits per heavy atom. The molecule has 0 aliphatic rings. The monoisotopic (exact) mass is 282 g/mol. The number of nitrogens with zero attached hydrogens (tertiary/aromatic N) is 2. The standard InChI is InChI=1S/C12H18N4O4/c1-8(20-3)7-15(2)12(17)9-5-4-6-10(14-13)11(9)16(18)19/h4-6,8,14H,7,13H2,1-3H3. The molecule has 0 saturated heterocycles. The first-order chi connectivity index (χ1) is 9.42. The third kappa shape index (κ3) is 3.43. The van der Waals surface area contributed by atoms with Gasteiger partial charge in [0.1, 0.15) is 11.3 Å². The third-order valence-corrected chi connectivity index (χ3v) is 2.88. The van der Waals surface area contributed by atoms with Crippen LogP contribution in [0, 0.1) is 10.1 Å². The number of carbonyl (C=O) groups is 1. The molecule has 0 aromatic heterocycles. The van der Waals surface area contributed by atoms with Crippen LogP contribution in [0.2, 0.25) is 0 Å². The fourth-order valence-electron chi connectivity index (χ4n) is 1.78. The quantitative estimate of drug-likeness (QED) is 0.457. The van der Waals surface area contributed by atoms with Gasteiger partial charge in [-0.3, -0.25) is 20.8 Å². The normalized spacial score (nSPS) is 11.8. The number of anilines is 1. The van der Waals surface area contributed by atoms with Crippen molar-refractivity contribution in [3.63, 3.8) is 0 Å². The first-order valence-corrected chi connectivity index (χ1v) is 5.94. The van der Waals surface area contributed by atoms with E-state index in [1.54, 1.807) is 14.0 Å². The summed E-state index contributed by atoms with van der Waals surface area (Å²) in [5, 5.41) is 11.1. The summed E-state index contributed by atoms with van der Waals surface area (Å²) in [6.45, 7) is 2.13. The molecule has 20 heavy (non-hydrogen) atoms. The van der Waals surface area contributed by atoms with Gasteiger partial charge in [0.05, 0.1) is 11.0 Å². The molecule has 0 aliphatic heterocycles. The number of hydrazine groups is 1. The number of methoxy groups -OCH3 is 1. The number of hydrogen-bond donors (Lipinski definition) is 2. The Labute approximate surface area is 116 Å². The Bertz CT molecular complexity index is 506. The van der Waals surface area contributed by atoms with Crippen molar-refractivity contribution in [1.82, 2.24) is 4.90 Å². The molecule has 0 saturated carbocycles. The van der Waals surface area contributed by atoms with Crippen molar-refractivity contribution < 1.29 is 14.5 Å². The van der Waals surface area contributed by atoms with E-state index in [0.717, 1.165) is 0 Å². The van der Waals surface area contributed by atoms with Crippen LogP contribution in [0.3, 0.4) is 0 Å². The highest BCUT2D eigenvalue weighted by atomic mass is 16.6. The van der Waals surface area contributed by atoms with Gasteiger partial charge in [-0.25, -0.2) is 0 Å². The summed E-state index contributed by atoms with van der Waals surface area (Å²) in [6.07, 6.45) is -0.168. The fraction of sp³-hybridized carbons (Fsp3) is 0.417. The smallest absolute Gasteiger partial charge is 0.306 e. The minimum Gasteiger partial charge on any atom is -0.380 e. The van der Waals surface area contributed by atoms with Crippen LogP contribution in [0.25, 0.3) is 0 Å². The van der Waals surface area contributed by atoms with Crippen molar-refractivity contribution in [3.8, 4) is 0 Å². The van der Waals surface area contributed by atoms with Crippen molar-refractivity contribution >= 4 is 17.3 Å². The zero-order valence-electron chi connectivity index (χ0n) is 11.6. The van der Waals surface area contributed by atoms with Gasteiger partial charge in [0.15, 0.2) is 0 Å². The summed E-state index contributed by atoms with van der Waals surface area (Å²) < 4.78 is 5.07. The van der Waals surface area contributed by atoms with Gasteiger partial charge in [0, 0.05) is 20.7 Å². The van der Waals surface area contributed by atoms with Crippen LogP contribution in [0.1, 0.15) is 17.3 Å². The summed E-state index contributed by atoms with van der Waals surface area (Å²) in [5.41, 5.74) is 1.96. The maximum Gasteiger partial charge on any atom is 0.306 e. The van der Waals surface area contributed by atoms with E-state index in [0.29, 0.717) is 6.54 Å². The van der Waals surface area contributed by atoms with Crippen molar-refractivity contribution in [2.45, 2.75) is 13.0 Å². The molecule has 110 valence electrons. The van der Waals surface area contributed by atoms with E-state index < -0.39 is 10.8 Å². The molecule has 8 heteroatoms. The first-order valence-electron chi connectivity index (χ1n) is 5.94. The number of nitrogens with two attached hydrogens (primary N) is 1. The molecule has 1 amide bonds. The second kappa shape index (κ2) is 6.83. The predicted molar refractivity (Wildman–Crippen MR) is 74.3 cm³/mol. The largest absolute Gasteiger partial charge is 0.380 e. The van der Waals surface area contributed by atoms with Crippen molar-refractivity contribution in [1.29, 1.82) is 0 Å². The number of nitro benzene ring substituents is 1. The van der Waals surface area contributed by atoms with Gasteiger partial charge in [-0.15, -0.1) is 0 Å². The molecule has 1 unspecified atom stereocenters. The Kier molecular flexibility index (Phi) is 5.42. The van der Waals surface area contributed by atoms with E-state index in [-0.39, 0.29) is 23.0 Å². The molecular formula is C12H18N4O4. The van der Waals surface area contributed by atoms with Gasteiger partial charge in [0.2, 0.25) is 0 Å². The molecule has 0 fully saturated rings. The van der Waals surface area contributed by atoms with Crippen LogP contribution < -0.4 is 11.3 Å². The molecule has 1 aromatic carbocycles. The lowest BCUT2D eigenvalue weighted by Gasteiger charge is -2.21. The number of likely N-dealkylation sites (N-methyl/N-ethyl adjacent to an activating group) is 1. The highest BCUT2D eigenvalue weighted by molar-refractivity contribution is 6.00. The summed E-state index contributed by atoms with van der Waals surface area (Å²) in [5.74, 6) is 4.78. The van der Waals surface area contributed by atoms with Crippen LogP contribution in [-0.2, 0) is 4.74 Å². The topological polar surface area (TPSA) is 111 Å². The van der Waals surface area contributed by atoms with Crippen molar-refractivity contribution in [2.75, 3.05) is 26.1 Å². The predicted octanol–water partition coefficient (Wildman–Crippen LogP) is 0.987. The lowest BCUT2D eigenvalue weighted by atomic mass is 10.1. The lowest BCUT2D eigenvalue weighted by Crippen LogP contribution is -2.34. The van der Waals surface area contributed by atoms with E-state index in [1.807, 2.05) is 0 Å². The average molecular weight is 282 g/mol. The summed E-state index contributed by atoms with van der Waals surface area (Å²) in [6, 6.07) is 4.37. The molecule has 1 atom stereocenters. The number of amides is 1. The number of carbonyl (C=O) groups excluding carboxylic acids is 1. The zero-order chi connectivity index (χ0) is 15.3. The number of nitrogens with one attached hydrogen (secondary N) is 1.